The molecule has 1 aliphatic rings. The molecular formula is C16H19N5OS. The Hall–Kier alpha value is -2.12. The van der Waals surface area contributed by atoms with Gasteiger partial charge >= 0.3 is 0 Å². The van der Waals surface area contributed by atoms with Crippen LogP contribution in [0.2, 0.25) is 0 Å². The summed E-state index contributed by atoms with van der Waals surface area (Å²) >= 11 is 1.06. The van der Waals surface area contributed by atoms with Gasteiger partial charge in [0, 0.05) is 31.2 Å². The minimum Gasteiger partial charge on any atom is -0.356 e. The van der Waals surface area contributed by atoms with Gasteiger partial charge in [0.1, 0.15) is 10.8 Å². The molecule has 2 aromatic heterocycles. The third kappa shape index (κ3) is 4.00. The van der Waals surface area contributed by atoms with Gasteiger partial charge in [-0.25, -0.2) is 9.97 Å². The number of anilines is 2. The second kappa shape index (κ2) is 7.43. The molecular weight excluding hydrogens is 310 g/mol. The van der Waals surface area contributed by atoms with Crippen molar-refractivity contribution in [1.29, 1.82) is 0 Å². The maximum atomic E-state index is 12.5. The molecule has 1 fully saturated rings. The van der Waals surface area contributed by atoms with Crippen LogP contribution in [0.5, 0.6) is 0 Å². The van der Waals surface area contributed by atoms with Gasteiger partial charge in [0.25, 0.3) is 0 Å². The van der Waals surface area contributed by atoms with Gasteiger partial charge in [0.05, 0.1) is 5.92 Å². The fourth-order valence-electron chi connectivity index (χ4n) is 2.74. The Morgan fingerprint density at radius 3 is 3.00 bits per heavy atom. The van der Waals surface area contributed by atoms with Crippen LogP contribution >= 0.6 is 11.9 Å². The molecule has 3 heterocycles. The van der Waals surface area contributed by atoms with Crippen LogP contribution in [0.3, 0.4) is 0 Å². The highest BCUT2D eigenvalue weighted by molar-refractivity contribution is 7.97. The van der Waals surface area contributed by atoms with Crippen LogP contribution in [0.4, 0.5) is 11.5 Å². The lowest BCUT2D eigenvalue weighted by Gasteiger charge is -2.32. The van der Waals surface area contributed by atoms with E-state index in [1.165, 1.54) is 0 Å². The monoisotopic (exact) mass is 329 g/mol. The number of nitrogens with zero attached hydrogens (tertiary/aromatic N) is 3. The molecule has 0 radical (unpaired) electrons. The van der Waals surface area contributed by atoms with Crippen molar-refractivity contribution in [3.63, 3.8) is 0 Å². The van der Waals surface area contributed by atoms with Crippen LogP contribution in [0.15, 0.2) is 47.8 Å². The molecule has 1 aliphatic heterocycles. The zero-order chi connectivity index (χ0) is 16.1. The summed E-state index contributed by atoms with van der Waals surface area (Å²) in [5, 5.41) is 9.15. The van der Waals surface area contributed by atoms with Gasteiger partial charge in [0.15, 0.2) is 0 Å². The lowest BCUT2D eigenvalue weighted by molar-refractivity contribution is -0.120. The van der Waals surface area contributed by atoms with Crippen molar-refractivity contribution in [2.45, 2.75) is 17.9 Å². The van der Waals surface area contributed by atoms with E-state index in [0.717, 1.165) is 42.8 Å². The standard InChI is InChI=1S/C16H19N5OS/c17-23-15-10-13(6-8-19-15)20-16(22)12-4-3-9-21(11-12)14-5-1-2-7-18-14/h1-2,5-8,10,12H,3-4,9,11,17H2,(H,19,20,22). The maximum Gasteiger partial charge on any atom is 0.229 e. The number of nitrogens with one attached hydrogen (secondary N) is 1. The quantitative estimate of drug-likeness (QED) is 0.837. The summed E-state index contributed by atoms with van der Waals surface area (Å²) in [5.74, 6) is 0.911. The number of aromatic nitrogens is 2. The van der Waals surface area contributed by atoms with E-state index in [1.807, 2.05) is 18.2 Å². The van der Waals surface area contributed by atoms with E-state index < -0.39 is 0 Å². The predicted molar refractivity (Wildman–Crippen MR) is 92.1 cm³/mol. The molecule has 7 heteroatoms. The average molecular weight is 329 g/mol. The molecule has 0 bridgehead atoms. The van der Waals surface area contributed by atoms with Crippen molar-refractivity contribution < 1.29 is 4.79 Å². The van der Waals surface area contributed by atoms with Crippen LogP contribution in [-0.4, -0.2) is 29.0 Å². The second-order valence-corrected chi connectivity index (χ2v) is 6.12. The summed E-state index contributed by atoms with van der Waals surface area (Å²) in [6.45, 7) is 1.62. The van der Waals surface area contributed by atoms with Crippen molar-refractivity contribution in [3.05, 3.63) is 42.7 Å². The van der Waals surface area contributed by atoms with Crippen LogP contribution in [0.1, 0.15) is 12.8 Å². The number of pyridine rings is 2. The zero-order valence-corrected chi connectivity index (χ0v) is 13.5. The molecule has 120 valence electrons. The third-order valence-corrected chi connectivity index (χ3v) is 4.35. The largest absolute Gasteiger partial charge is 0.356 e. The average Bonchev–Trinajstić information content (AvgIpc) is 2.63. The minimum atomic E-state index is -0.0482. The molecule has 1 atom stereocenters. The van der Waals surface area contributed by atoms with E-state index in [9.17, 15) is 4.79 Å². The lowest BCUT2D eigenvalue weighted by Crippen LogP contribution is -2.41. The summed E-state index contributed by atoms with van der Waals surface area (Å²) in [7, 11) is 0. The van der Waals surface area contributed by atoms with Crippen molar-refractivity contribution in [3.8, 4) is 0 Å². The summed E-state index contributed by atoms with van der Waals surface area (Å²) in [5.41, 5.74) is 0.730. The van der Waals surface area contributed by atoms with Gasteiger partial charge in [-0.3, -0.25) is 9.93 Å². The van der Waals surface area contributed by atoms with Gasteiger partial charge in [-0.15, -0.1) is 0 Å². The molecule has 1 saturated heterocycles. The first-order chi connectivity index (χ1) is 11.3. The van der Waals surface area contributed by atoms with Crippen molar-refractivity contribution in [1.82, 2.24) is 9.97 Å². The summed E-state index contributed by atoms with van der Waals surface area (Å²) in [4.78, 5) is 23.2. The second-order valence-electron chi connectivity index (χ2n) is 5.46. The van der Waals surface area contributed by atoms with Gasteiger partial charge in [-0.1, -0.05) is 6.07 Å². The van der Waals surface area contributed by atoms with E-state index in [4.69, 9.17) is 5.14 Å². The van der Waals surface area contributed by atoms with Crippen LogP contribution in [0.25, 0.3) is 0 Å². The van der Waals surface area contributed by atoms with Crippen LogP contribution in [0, 0.1) is 5.92 Å². The highest BCUT2D eigenvalue weighted by Crippen LogP contribution is 2.23. The number of amides is 1. The fraction of sp³-hybridized carbons (Fsp3) is 0.312. The van der Waals surface area contributed by atoms with E-state index in [-0.39, 0.29) is 11.8 Å². The number of rotatable bonds is 4. The first kappa shape index (κ1) is 15.8. The molecule has 1 unspecified atom stereocenters. The summed E-state index contributed by atoms with van der Waals surface area (Å²) in [6.07, 6.45) is 5.29. The fourth-order valence-corrected chi connectivity index (χ4v) is 3.05. The minimum absolute atomic E-state index is 0.0322. The Balaban J connectivity index is 1.65. The number of piperidine rings is 1. The molecule has 2 aromatic rings. The maximum absolute atomic E-state index is 12.5. The zero-order valence-electron chi connectivity index (χ0n) is 12.7. The lowest BCUT2D eigenvalue weighted by atomic mass is 9.97. The highest BCUT2D eigenvalue weighted by atomic mass is 32.2. The highest BCUT2D eigenvalue weighted by Gasteiger charge is 2.26. The molecule has 6 nitrogen and oxygen atoms in total. The molecule has 0 aromatic carbocycles. The first-order valence-electron chi connectivity index (χ1n) is 7.56. The van der Waals surface area contributed by atoms with Crippen molar-refractivity contribution in [2.24, 2.45) is 11.1 Å². The molecule has 0 aliphatic carbocycles. The van der Waals surface area contributed by atoms with Gasteiger partial charge in [-0.2, -0.15) is 0 Å². The van der Waals surface area contributed by atoms with Crippen LogP contribution < -0.4 is 15.4 Å². The molecule has 0 spiro atoms. The molecule has 0 saturated carbocycles. The number of carbonyl (C=O) groups is 1. The van der Waals surface area contributed by atoms with Gasteiger partial charge in [0.2, 0.25) is 5.91 Å². The third-order valence-electron chi connectivity index (χ3n) is 3.89. The summed E-state index contributed by atoms with van der Waals surface area (Å²) in [6, 6.07) is 9.40. The van der Waals surface area contributed by atoms with Crippen molar-refractivity contribution >= 4 is 29.4 Å². The van der Waals surface area contributed by atoms with Crippen molar-refractivity contribution in [2.75, 3.05) is 23.3 Å². The van der Waals surface area contributed by atoms with Crippen LogP contribution in [-0.2, 0) is 4.79 Å². The van der Waals surface area contributed by atoms with E-state index >= 15 is 0 Å². The molecule has 3 rings (SSSR count). The Morgan fingerprint density at radius 1 is 1.30 bits per heavy atom. The molecule has 23 heavy (non-hydrogen) atoms. The molecule has 3 N–H and O–H groups in total. The molecule has 1 amide bonds. The topological polar surface area (TPSA) is 84.1 Å². The summed E-state index contributed by atoms with van der Waals surface area (Å²) < 4.78 is 0. The number of hydrogen-bond donors (Lipinski definition) is 2. The van der Waals surface area contributed by atoms with E-state index in [1.54, 1.807) is 24.5 Å². The Kier molecular flexibility index (Phi) is 5.09. The SMILES string of the molecule is NSc1cc(NC(=O)C2CCCN(c3ccccn3)C2)ccn1. The number of carbonyl (C=O) groups excluding carboxylic acids is 1. The Labute approximate surface area is 139 Å². The first-order valence-corrected chi connectivity index (χ1v) is 8.44. The number of nitrogens with two attached hydrogens (primary N) is 1. The van der Waals surface area contributed by atoms with E-state index in [0.29, 0.717) is 11.6 Å². The van der Waals surface area contributed by atoms with E-state index in [2.05, 4.69) is 20.2 Å². The Morgan fingerprint density at radius 2 is 2.22 bits per heavy atom. The normalized spacial score (nSPS) is 17.8. The predicted octanol–water partition coefficient (Wildman–Crippen LogP) is 2.30. The smallest absolute Gasteiger partial charge is 0.229 e. The number of hydrogen-bond acceptors (Lipinski definition) is 6. The Bertz CT molecular complexity index is 667. The van der Waals surface area contributed by atoms with Gasteiger partial charge in [-0.05, 0) is 49.1 Å². The van der Waals surface area contributed by atoms with Gasteiger partial charge < -0.3 is 10.2 Å².